The number of aromatic hydroxyl groups is 1. The van der Waals surface area contributed by atoms with Crippen LogP contribution in [0.1, 0.15) is 41.0 Å². The number of methoxy groups -OCH3 is 1. The SMILES string of the molecule is COc1ccc([C@@]23C(=O)N(Nc4ccc(Cl)cc4Cl)C(=O)[C@@H]2C[C@@H]2C(=CC[C@@H]4C(=O)N(c5cc(C(F)(F)F)cc(C(F)(F)F)c5)C(=O)[C@@H]42)[C@@H]3c2ccc(O)c3ccccc23)cc1. The molecule has 0 spiro atoms. The van der Waals surface area contributed by atoms with Crippen molar-refractivity contribution in [2.45, 2.75) is 36.5 Å². The van der Waals surface area contributed by atoms with Gasteiger partial charge in [0.25, 0.3) is 11.8 Å². The second kappa shape index (κ2) is 14.5. The van der Waals surface area contributed by atoms with Gasteiger partial charge < -0.3 is 9.84 Å². The second-order valence-electron chi connectivity index (χ2n) is 15.7. The topological polar surface area (TPSA) is 116 Å². The maximum atomic E-state index is 15.6. The molecule has 6 atom stereocenters. The van der Waals surface area contributed by atoms with E-state index in [2.05, 4.69) is 5.43 Å². The number of allylic oxidation sites excluding steroid dienone is 2. The molecule has 0 radical (unpaired) electrons. The van der Waals surface area contributed by atoms with Crippen molar-refractivity contribution >= 4 is 69.0 Å². The Morgan fingerprint density at radius 3 is 2.06 bits per heavy atom. The number of ether oxygens (including phenoxy) is 1. The number of phenolic OH excluding ortho intramolecular Hbond substituents is 1. The van der Waals surface area contributed by atoms with Crippen LogP contribution in [0.3, 0.4) is 0 Å². The molecule has 2 N–H and O–H groups in total. The molecule has 2 saturated heterocycles. The first-order valence-electron chi connectivity index (χ1n) is 19.2. The van der Waals surface area contributed by atoms with Gasteiger partial charge in [0.2, 0.25) is 11.8 Å². The fourth-order valence-corrected chi connectivity index (χ4v) is 10.5. The minimum absolute atomic E-state index is 0.0743. The monoisotopic (exact) mass is 893 g/mol. The van der Waals surface area contributed by atoms with Crippen LogP contribution < -0.4 is 15.1 Å². The fraction of sp³-hybridized carbons (Fsp3) is 0.244. The van der Waals surface area contributed by atoms with Crippen molar-refractivity contribution < 1.29 is 55.4 Å². The number of nitrogens with one attached hydrogen (secondary N) is 1. The van der Waals surface area contributed by atoms with E-state index in [0.29, 0.717) is 50.3 Å². The van der Waals surface area contributed by atoms with Crippen LogP contribution in [-0.2, 0) is 36.9 Å². The summed E-state index contributed by atoms with van der Waals surface area (Å²) in [5.74, 6) is -9.22. The van der Waals surface area contributed by atoms with Crippen LogP contribution in [-0.4, -0.2) is 40.9 Å². The van der Waals surface area contributed by atoms with E-state index in [9.17, 15) is 41.0 Å². The van der Waals surface area contributed by atoms with Crippen molar-refractivity contribution in [2.75, 3.05) is 17.4 Å². The lowest BCUT2D eigenvalue weighted by molar-refractivity contribution is -0.143. The van der Waals surface area contributed by atoms with Crippen molar-refractivity contribution in [2.24, 2.45) is 23.7 Å². The molecular formula is C45H31Cl2F6N3O6. The van der Waals surface area contributed by atoms with Gasteiger partial charge in [0.1, 0.15) is 11.5 Å². The number of anilines is 2. The average molecular weight is 895 g/mol. The van der Waals surface area contributed by atoms with Gasteiger partial charge in [-0.2, -0.15) is 31.4 Å². The molecule has 62 heavy (non-hydrogen) atoms. The summed E-state index contributed by atoms with van der Waals surface area (Å²) in [6.45, 7) is 0. The Labute approximate surface area is 358 Å². The molecular weight excluding hydrogens is 863 g/mol. The third kappa shape index (κ3) is 6.22. The molecule has 5 aromatic rings. The number of halogens is 8. The molecule has 0 unspecified atom stereocenters. The number of rotatable bonds is 6. The number of fused-ring (bicyclic) bond motifs is 5. The number of hydrogen-bond donors (Lipinski definition) is 2. The number of carbonyl (C=O) groups excluding carboxylic acids is 4. The highest BCUT2D eigenvalue weighted by Crippen LogP contribution is 2.65. The molecule has 1 saturated carbocycles. The number of alkyl halides is 6. The predicted molar refractivity (Wildman–Crippen MR) is 215 cm³/mol. The standard InChI is InChI=1S/C45H31Cl2F6N3O6/c1-62-26-9-6-21(7-10-26)43-33(40(59)56(42(43)61)54-35-14-8-24(46)19-34(35)47)20-32-30(38(43)29-13-15-36(57)28-5-3-2-4-27(28)29)11-12-31-37(32)41(60)55(39(31)58)25-17-22(44(48,49)50)16-23(18-25)45(51,52)53/h2-11,13-19,31-33,37-38,54,57H,12,20H2,1H3/t31-,32+,33-,37-,38-,43+/m0/s1. The molecule has 9 nitrogen and oxygen atoms in total. The van der Waals surface area contributed by atoms with E-state index in [1.807, 2.05) is 0 Å². The average Bonchev–Trinajstić information content (AvgIpc) is 3.62. The van der Waals surface area contributed by atoms with E-state index in [1.54, 1.807) is 60.7 Å². The van der Waals surface area contributed by atoms with Gasteiger partial charge in [-0.05, 0) is 89.9 Å². The van der Waals surface area contributed by atoms with Gasteiger partial charge in [-0.15, -0.1) is 0 Å². The van der Waals surface area contributed by atoms with Gasteiger partial charge in [-0.3, -0.25) is 24.6 Å². The van der Waals surface area contributed by atoms with Crippen molar-refractivity contribution in [1.29, 1.82) is 0 Å². The molecule has 2 aliphatic carbocycles. The van der Waals surface area contributed by atoms with E-state index in [1.165, 1.54) is 31.4 Å². The maximum Gasteiger partial charge on any atom is 0.416 e. The van der Waals surface area contributed by atoms with E-state index in [0.717, 1.165) is 5.01 Å². The number of hydrogen-bond acceptors (Lipinski definition) is 7. The maximum absolute atomic E-state index is 15.6. The van der Waals surface area contributed by atoms with Gasteiger partial charge in [0, 0.05) is 16.3 Å². The lowest BCUT2D eigenvalue weighted by Crippen LogP contribution is -2.53. The van der Waals surface area contributed by atoms with Crippen LogP contribution in [0, 0.1) is 23.7 Å². The Balaban J connectivity index is 1.26. The molecule has 318 valence electrons. The number of carbonyl (C=O) groups is 4. The van der Waals surface area contributed by atoms with Gasteiger partial charge in [-0.1, -0.05) is 77.3 Å². The fourth-order valence-electron chi connectivity index (χ4n) is 10.1. The van der Waals surface area contributed by atoms with Crippen LogP contribution in [0.2, 0.25) is 10.0 Å². The molecule has 0 bridgehead atoms. The first kappa shape index (κ1) is 41.3. The summed E-state index contributed by atoms with van der Waals surface area (Å²) in [7, 11) is 1.45. The Morgan fingerprint density at radius 1 is 0.774 bits per heavy atom. The Morgan fingerprint density at radius 2 is 1.44 bits per heavy atom. The van der Waals surface area contributed by atoms with E-state index in [-0.39, 0.29) is 40.4 Å². The second-order valence-corrected chi connectivity index (χ2v) is 16.6. The zero-order chi connectivity index (χ0) is 44.2. The summed E-state index contributed by atoms with van der Waals surface area (Å²) in [4.78, 5) is 60.1. The first-order chi connectivity index (χ1) is 29.4. The summed E-state index contributed by atoms with van der Waals surface area (Å²) in [6.07, 6.45) is -9.26. The minimum Gasteiger partial charge on any atom is -0.507 e. The number of amides is 4. The number of benzene rings is 5. The molecule has 3 fully saturated rings. The van der Waals surface area contributed by atoms with E-state index in [4.69, 9.17) is 27.9 Å². The van der Waals surface area contributed by atoms with Gasteiger partial charge in [0.15, 0.2) is 0 Å². The predicted octanol–water partition coefficient (Wildman–Crippen LogP) is 10.1. The van der Waals surface area contributed by atoms with Gasteiger partial charge in [-0.25, -0.2) is 4.90 Å². The number of phenols is 1. The summed E-state index contributed by atoms with van der Waals surface area (Å²) in [5, 5.41) is 13.1. The number of hydrazine groups is 1. The Kier molecular flexibility index (Phi) is 9.67. The highest BCUT2D eigenvalue weighted by molar-refractivity contribution is 6.36. The van der Waals surface area contributed by atoms with Crippen molar-refractivity contribution in [3.05, 3.63) is 141 Å². The van der Waals surface area contributed by atoms with Crippen molar-refractivity contribution in [1.82, 2.24) is 5.01 Å². The van der Waals surface area contributed by atoms with Crippen LogP contribution in [0.15, 0.2) is 109 Å². The summed E-state index contributed by atoms with van der Waals surface area (Å²) in [5.41, 5.74) is -1.81. The normalized spacial score (nSPS) is 24.9. The molecule has 4 amide bonds. The Bertz CT molecular complexity index is 2750. The molecule has 17 heteroatoms. The van der Waals surface area contributed by atoms with Crippen LogP contribution in [0.4, 0.5) is 37.7 Å². The summed E-state index contributed by atoms with van der Waals surface area (Å²) in [6, 6.07) is 21.3. The van der Waals surface area contributed by atoms with Crippen LogP contribution in [0.5, 0.6) is 11.5 Å². The Hall–Kier alpha value is -6.06. The largest absolute Gasteiger partial charge is 0.507 e. The van der Waals surface area contributed by atoms with Crippen molar-refractivity contribution in [3.8, 4) is 11.5 Å². The van der Waals surface area contributed by atoms with Crippen LogP contribution in [0.25, 0.3) is 10.8 Å². The molecule has 2 aliphatic heterocycles. The molecule has 0 aromatic heterocycles. The summed E-state index contributed by atoms with van der Waals surface area (Å²) < 4.78 is 89.6. The quantitative estimate of drug-likeness (QED) is 0.0991. The lowest BCUT2D eigenvalue weighted by atomic mass is 9.49. The summed E-state index contributed by atoms with van der Waals surface area (Å²) >= 11 is 12.7. The third-order valence-corrected chi connectivity index (χ3v) is 13.2. The third-order valence-electron chi connectivity index (χ3n) is 12.7. The molecule has 2 heterocycles. The van der Waals surface area contributed by atoms with Crippen molar-refractivity contribution in [3.63, 3.8) is 0 Å². The zero-order valence-electron chi connectivity index (χ0n) is 32.0. The smallest absolute Gasteiger partial charge is 0.416 e. The number of imide groups is 2. The lowest BCUT2D eigenvalue weighted by Gasteiger charge is -2.51. The molecule has 5 aromatic carbocycles. The number of nitrogens with zero attached hydrogens (tertiary/aromatic N) is 2. The first-order valence-corrected chi connectivity index (χ1v) is 19.9. The minimum atomic E-state index is -5.26. The highest BCUT2D eigenvalue weighted by Gasteiger charge is 2.70. The van der Waals surface area contributed by atoms with E-state index < -0.39 is 87.8 Å². The zero-order valence-corrected chi connectivity index (χ0v) is 33.5. The molecule has 9 rings (SSSR count). The molecule has 4 aliphatic rings. The van der Waals surface area contributed by atoms with Crippen LogP contribution >= 0.6 is 23.2 Å². The van der Waals surface area contributed by atoms with Gasteiger partial charge in [0.05, 0.1) is 57.8 Å². The van der Waals surface area contributed by atoms with E-state index >= 15 is 9.59 Å². The van der Waals surface area contributed by atoms with Gasteiger partial charge >= 0.3 is 12.4 Å². The highest BCUT2D eigenvalue weighted by atomic mass is 35.5.